The predicted octanol–water partition coefficient (Wildman–Crippen LogP) is 3.25. The normalized spacial score (nSPS) is 10.5. The summed E-state index contributed by atoms with van der Waals surface area (Å²) in [4.78, 5) is 19.8. The van der Waals surface area contributed by atoms with Crippen LogP contribution < -0.4 is 10.6 Å². The molecule has 0 aliphatic rings. The molecule has 0 saturated carbocycles. The quantitative estimate of drug-likeness (QED) is 0.687. The number of nitrogens with one attached hydrogen (secondary N) is 3. The molecule has 0 spiro atoms. The molecule has 3 N–H and O–H groups in total. The number of aromatic amines is 1. The van der Waals surface area contributed by atoms with Crippen molar-refractivity contribution in [1.82, 2.24) is 9.97 Å². The third kappa shape index (κ3) is 2.72. The fraction of sp³-hybridized carbons (Fsp3) is 0.125. The van der Waals surface area contributed by atoms with Crippen LogP contribution in [0.1, 0.15) is 17.3 Å². The Balaban J connectivity index is 1.86. The topological polar surface area (TPSA) is 69.8 Å². The zero-order valence-electron chi connectivity index (χ0n) is 11.7. The highest BCUT2D eigenvalue weighted by Crippen LogP contribution is 2.18. The molecule has 0 fully saturated rings. The first kappa shape index (κ1) is 13.2. The minimum absolute atomic E-state index is 0.189. The standard InChI is InChI=1S/C16H16N4O/c1-2-17-12-8-4-3-7-11(12)15(21)20-16-18-13-9-5-6-10-14(13)19-16/h3-10,17H,2H2,1H3,(H2,18,19,20,21). The lowest BCUT2D eigenvalue weighted by Crippen LogP contribution is -2.15. The number of carbonyl (C=O) groups excluding carboxylic acids is 1. The zero-order chi connectivity index (χ0) is 14.7. The van der Waals surface area contributed by atoms with Crippen molar-refractivity contribution >= 4 is 28.6 Å². The van der Waals surface area contributed by atoms with Gasteiger partial charge in [-0.2, -0.15) is 0 Å². The summed E-state index contributed by atoms with van der Waals surface area (Å²) in [5, 5.41) is 5.98. The van der Waals surface area contributed by atoms with Crippen molar-refractivity contribution in [2.75, 3.05) is 17.2 Å². The van der Waals surface area contributed by atoms with Crippen LogP contribution in [0.2, 0.25) is 0 Å². The van der Waals surface area contributed by atoms with E-state index in [0.29, 0.717) is 11.5 Å². The Morgan fingerprint density at radius 3 is 2.71 bits per heavy atom. The van der Waals surface area contributed by atoms with Crippen molar-refractivity contribution in [1.29, 1.82) is 0 Å². The molecule has 2 aromatic carbocycles. The summed E-state index contributed by atoms with van der Waals surface area (Å²) in [7, 11) is 0. The number of amides is 1. The highest BCUT2D eigenvalue weighted by molar-refractivity contribution is 6.07. The van der Waals surface area contributed by atoms with Gasteiger partial charge < -0.3 is 10.3 Å². The highest BCUT2D eigenvalue weighted by atomic mass is 16.1. The van der Waals surface area contributed by atoms with Gasteiger partial charge in [-0.1, -0.05) is 24.3 Å². The summed E-state index contributed by atoms with van der Waals surface area (Å²) in [6.45, 7) is 2.75. The second-order valence-corrected chi connectivity index (χ2v) is 4.63. The molecule has 0 radical (unpaired) electrons. The van der Waals surface area contributed by atoms with Crippen molar-refractivity contribution < 1.29 is 4.79 Å². The van der Waals surface area contributed by atoms with Crippen molar-refractivity contribution in [2.45, 2.75) is 6.92 Å². The maximum Gasteiger partial charge on any atom is 0.260 e. The van der Waals surface area contributed by atoms with Crippen LogP contribution in [-0.4, -0.2) is 22.4 Å². The highest BCUT2D eigenvalue weighted by Gasteiger charge is 2.12. The molecule has 0 unspecified atom stereocenters. The van der Waals surface area contributed by atoms with Gasteiger partial charge in [-0.3, -0.25) is 10.1 Å². The molecule has 1 aromatic heterocycles. The number of imidazole rings is 1. The first-order valence-corrected chi connectivity index (χ1v) is 6.87. The van der Waals surface area contributed by atoms with E-state index in [-0.39, 0.29) is 5.91 Å². The summed E-state index contributed by atoms with van der Waals surface area (Å²) in [5.74, 6) is 0.262. The SMILES string of the molecule is CCNc1ccccc1C(=O)Nc1nc2ccccc2[nH]1. The first-order valence-electron chi connectivity index (χ1n) is 6.87. The Bertz CT molecular complexity index is 746. The molecule has 3 rings (SSSR count). The number of aromatic nitrogens is 2. The van der Waals surface area contributed by atoms with E-state index >= 15 is 0 Å². The lowest BCUT2D eigenvalue weighted by atomic mass is 10.1. The molecular formula is C16H16N4O. The molecule has 5 nitrogen and oxygen atoms in total. The van der Waals surface area contributed by atoms with E-state index in [1.807, 2.05) is 49.4 Å². The van der Waals surface area contributed by atoms with Crippen molar-refractivity contribution in [3.05, 3.63) is 54.1 Å². The van der Waals surface area contributed by atoms with Crippen LogP contribution in [0.4, 0.5) is 11.6 Å². The molecule has 0 bridgehead atoms. The fourth-order valence-corrected chi connectivity index (χ4v) is 2.21. The summed E-state index contributed by atoms with van der Waals surface area (Å²) >= 11 is 0. The van der Waals surface area contributed by atoms with Gasteiger partial charge in [0.05, 0.1) is 16.6 Å². The Morgan fingerprint density at radius 2 is 1.90 bits per heavy atom. The van der Waals surface area contributed by atoms with Crippen LogP contribution in [0.25, 0.3) is 11.0 Å². The number of nitrogens with zero attached hydrogens (tertiary/aromatic N) is 1. The number of carbonyl (C=O) groups is 1. The van der Waals surface area contributed by atoms with Gasteiger partial charge in [0.15, 0.2) is 0 Å². The maximum absolute atomic E-state index is 12.4. The van der Waals surface area contributed by atoms with Gasteiger partial charge in [-0.15, -0.1) is 0 Å². The van der Waals surface area contributed by atoms with Gasteiger partial charge in [-0.25, -0.2) is 4.98 Å². The molecule has 1 heterocycles. The third-order valence-corrected chi connectivity index (χ3v) is 3.16. The molecule has 0 atom stereocenters. The van der Waals surface area contributed by atoms with Crippen LogP contribution >= 0.6 is 0 Å². The van der Waals surface area contributed by atoms with Gasteiger partial charge in [0.25, 0.3) is 5.91 Å². The molecule has 21 heavy (non-hydrogen) atoms. The molecule has 5 heteroatoms. The molecule has 0 saturated heterocycles. The van der Waals surface area contributed by atoms with Crippen molar-refractivity contribution in [2.24, 2.45) is 0 Å². The van der Waals surface area contributed by atoms with Crippen LogP contribution in [0, 0.1) is 0 Å². The number of hydrogen-bond donors (Lipinski definition) is 3. The van der Waals surface area contributed by atoms with Gasteiger partial charge in [0.2, 0.25) is 5.95 Å². The van der Waals surface area contributed by atoms with Gasteiger partial charge in [-0.05, 0) is 31.2 Å². The molecule has 0 aliphatic heterocycles. The zero-order valence-corrected chi connectivity index (χ0v) is 11.7. The molecule has 3 aromatic rings. The number of rotatable bonds is 4. The summed E-state index contributed by atoms with van der Waals surface area (Å²) in [5.41, 5.74) is 3.13. The Kier molecular flexibility index (Phi) is 3.55. The molecule has 1 amide bonds. The third-order valence-electron chi connectivity index (χ3n) is 3.16. The van der Waals surface area contributed by atoms with Crippen molar-refractivity contribution in [3.8, 4) is 0 Å². The summed E-state index contributed by atoms with van der Waals surface area (Å²) < 4.78 is 0. The lowest BCUT2D eigenvalue weighted by molar-refractivity contribution is 0.102. The van der Waals surface area contributed by atoms with E-state index in [9.17, 15) is 4.79 Å². The number of para-hydroxylation sites is 3. The smallest absolute Gasteiger partial charge is 0.260 e. The van der Waals surface area contributed by atoms with Crippen molar-refractivity contribution in [3.63, 3.8) is 0 Å². The molecule has 0 aliphatic carbocycles. The van der Waals surface area contributed by atoms with E-state index in [2.05, 4.69) is 20.6 Å². The summed E-state index contributed by atoms with van der Waals surface area (Å²) in [6.07, 6.45) is 0. The minimum atomic E-state index is -0.189. The van der Waals surface area contributed by atoms with Crippen LogP contribution in [-0.2, 0) is 0 Å². The van der Waals surface area contributed by atoms with E-state index < -0.39 is 0 Å². The Hall–Kier alpha value is -2.82. The number of anilines is 2. The van der Waals surface area contributed by atoms with Crippen LogP contribution in [0.5, 0.6) is 0 Å². The number of benzene rings is 2. The lowest BCUT2D eigenvalue weighted by Gasteiger charge is -2.09. The van der Waals surface area contributed by atoms with E-state index in [4.69, 9.17) is 0 Å². The second-order valence-electron chi connectivity index (χ2n) is 4.63. The van der Waals surface area contributed by atoms with Gasteiger partial charge in [0, 0.05) is 12.2 Å². The number of hydrogen-bond acceptors (Lipinski definition) is 3. The fourth-order valence-electron chi connectivity index (χ4n) is 2.21. The largest absolute Gasteiger partial charge is 0.385 e. The van der Waals surface area contributed by atoms with E-state index in [0.717, 1.165) is 23.3 Å². The van der Waals surface area contributed by atoms with E-state index in [1.54, 1.807) is 6.07 Å². The predicted molar refractivity (Wildman–Crippen MR) is 84.7 cm³/mol. The van der Waals surface area contributed by atoms with E-state index in [1.165, 1.54) is 0 Å². The average Bonchev–Trinajstić information content (AvgIpc) is 2.90. The Labute approximate surface area is 122 Å². The van der Waals surface area contributed by atoms with Gasteiger partial charge >= 0.3 is 0 Å². The van der Waals surface area contributed by atoms with Gasteiger partial charge in [0.1, 0.15) is 0 Å². The Morgan fingerprint density at radius 1 is 1.14 bits per heavy atom. The van der Waals surface area contributed by atoms with Crippen LogP contribution in [0.15, 0.2) is 48.5 Å². The molecular weight excluding hydrogens is 264 g/mol. The number of H-pyrrole nitrogens is 1. The minimum Gasteiger partial charge on any atom is -0.385 e. The monoisotopic (exact) mass is 280 g/mol. The molecule has 106 valence electrons. The average molecular weight is 280 g/mol. The first-order chi connectivity index (χ1) is 10.3. The summed E-state index contributed by atoms with van der Waals surface area (Å²) in [6, 6.07) is 15.1. The maximum atomic E-state index is 12.4. The van der Waals surface area contributed by atoms with Crippen LogP contribution in [0.3, 0.4) is 0 Å². The second kappa shape index (κ2) is 5.66. The number of fused-ring (bicyclic) bond motifs is 1.